The maximum atomic E-state index is 10.2. The molecule has 1 radical (unpaired) electrons. The SMILES string of the molecule is CCCCCCCCN.O=C([O-])c1ccccc1O.O=C([O-])c1ccccc1O.O=C([O-])c1ccccc1O.[Ru+3]. The summed E-state index contributed by atoms with van der Waals surface area (Å²) < 4.78 is 0. The van der Waals surface area contributed by atoms with Crippen molar-refractivity contribution in [1.29, 1.82) is 0 Å². The topological polar surface area (TPSA) is 207 Å². The van der Waals surface area contributed by atoms with Crippen LogP contribution in [0.25, 0.3) is 0 Å². The van der Waals surface area contributed by atoms with Crippen molar-refractivity contribution in [2.24, 2.45) is 5.73 Å². The summed E-state index contributed by atoms with van der Waals surface area (Å²) in [6.45, 7) is 3.11. The van der Waals surface area contributed by atoms with E-state index >= 15 is 0 Å². The Labute approximate surface area is 246 Å². The number of nitrogens with two attached hydrogens (primary N) is 1. The van der Waals surface area contributed by atoms with Crippen LogP contribution in [0.4, 0.5) is 0 Å². The van der Waals surface area contributed by atoms with Crippen molar-refractivity contribution in [2.45, 2.75) is 45.4 Å². The zero-order valence-electron chi connectivity index (χ0n) is 22.1. The molecular formula is C29H34NO9Ru. The third-order valence-corrected chi connectivity index (χ3v) is 4.93. The second kappa shape index (κ2) is 23.0. The first kappa shape index (κ1) is 38.2. The molecule has 3 aromatic carbocycles. The van der Waals surface area contributed by atoms with Crippen LogP contribution in [0.15, 0.2) is 72.8 Å². The number of aromatic carboxylic acids is 3. The van der Waals surface area contributed by atoms with E-state index < -0.39 is 17.9 Å². The molecule has 0 saturated heterocycles. The normalized spacial score (nSPS) is 9.15. The Hall–Kier alpha value is -3.95. The first-order valence-corrected chi connectivity index (χ1v) is 12.2. The summed E-state index contributed by atoms with van der Waals surface area (Å²) in [6, 6.07) is 16.9. The van der Waals surface area contributed by atoms with E-state index in [-0.39, 0.29) is 53.4 Å². The monoisotopic (exact) mass is 642 g/mol. The van der Waals surface area contributed by atoms with Crippen molar-refractivity contribution in [1.82, 2.24) is 0 Å². The van der Waals surface area contributed by atoms with Crippen molar-refractivity contribution in [2.75, 3.05) is 6.54 Å². The molecule has 0 aliphatic heterocycles. The Morgan fingerprint density at radius 3 is 1.07 bits per heavy atom. The summed E-state index contributed by atoms with van der Waals surface area (Å²) >= 11 is 0. The van der Waals surface area contributed by atoms with Crippen LogP contribution < -0.4 is 21.1 Å². The second-order valence-electron chi connectivity index (χ2n) is 7.97. The molecule has 217 valence electrons. The number of carboxylic acids is 3. The molecule has 0 saturated carbocycles. The number of hydrogen-bond acceptors (Lipinski definition) is 10. The predicted molar refractivity (Wildman–Crippen MR) is 140 cm³/mol. The van der Waals surface area contributed by atoms with Gasteiger partial charge in [-0.3, -0.25) is 0 Å². The Morgan fingerprint density at radius 1 is 0.575 bits per heavy atom. The van der Waals surface area contributed by atoms with Crippen LogP contribution in [0.3, 0.4) is 0 Å². The first-order valence-electron chi connectivity index (χ1n) is 12.2. The van der Waals surface area contributed by atoms with Gasteiger partial charge in [0.15, 0.2) is 0 Å². The average Bonchev–Trinajstić information content (AvgIpc) is 2.90. The minimum atomic E-state index is -1.36. The molecule has 5 N–H and O–H groups in total. The van der Waals surface area contributed by atoms with Crippen molar-refractivity contribution in [3.05, 3.63) is 89.5 Å². The van der Waals surface area contributed by atoms with Gasteiger partial charge in [0.25, 0.3) is 0 Å². The molecule has 0 atom stereocenters. The van der Waals surface area contributed by atoms with Crippen LogP contribution in [0.1, 0.15) is 76.5 Å². The number of carbonyl (C=O) groups is 3. The maximum Gasteiger partial charge on any atom is 3.00 e. The molecule has 0 bridgehead atoms. The fraction of sp³-hybridized carbons (Fsp3) is 0.276. The fourth-order valence-corrected chi connectivity index (χ4v) is 2.86. The van der Waals surface area contributed by atoms with Crippen molar-refractivity contribution >= 4 is 17.9 Å². The molecular weight excluding hydrogens is 607 g/mol. The van der Waals surface area contributed by atoms with Crippen LogP contribution in [-0.2, 0) is 19.5 Å². The van der Waals surface area contributed by atoms with Gasteiger partial charge in [-0.1, -0.05) is 75.4 Å². The number of unbranched alkanes of at least 4 members (excludes halogenated alkanes) is 5. The van der Waals surface area contributed by atoms with E-state index in [9.17, 15) is 29.7 Å². The first-order chi connectivity index (χ1) is 18.6. The number of rotatable bonds is 9. The molecule has 0 aromatic heterocycles. The number of carboxylic acid groups (broad SMARTS) is 3. The quantitative estimate of drug-likeness (QED) is 0.196. The number of aromatic hydroxyl groups is 3. The van der Waals surface area contributed by atoms with Gasteiger partial charge >= 0.3 is 19.5 Å². The molecule has 3 rings (SSSR count). The summed E-state index contributed by atoms with van der Waals surface area (Å²) in [7, 11) is 0. The third-order valence-electron chi connectivity index (χ3n) is 4.93. The molecule has 0 aliphatic rings. The van der Waals surface area contributed by atoms with Gasteiger partial charge in [-0.05, 0) is 49.4 Å². The molecule has 11 heteroatoms. The molecule has 10 nitrogen and oxygen atoms in total. The van der Waals surface area contributed by atoms with Crippen molar-refractivity contribution in [3.8, 4) is 17.2 Å². The van der Waals surface area contributed by atoms with E-state index in [4.69, 9.17) is 21.1 Å². The largest absolute Gasteiger partial charge is 3.00 e. The van der Waals surface area contributed by atoms with Crippen LogP contribution in [0.5, 0.6) is 17.2 Å². The van der Waals surface area contributed by atoms with Gasteiger partial charge < -0.3 is 50.8 Å². The molecule has 0 heterocycles. The number of benzene rings is 3. The second-order valence-corrected chi connectivity index (χ2v) is 7.97. The van der Waals surface area contributed by atoms with Gasteiger partial charge in [0, 0.05) is 16.7 Å². The van der Waals surface area contributed by atoms with Gasteiger partial charge in [0.2, 0.25) is 0 Å². The van der Waals surface area contributed by atoms with E-state index in [0.717, 1.165) is 6.54 Å². The summed E-state index contributed by atoms with van der Waals surface area (Å²) in [5, 5.41) is 57.0. The molecule has 0 spiro atoms. The Morgan fingerprint density at radius 2 is 0.850 bits per heavy atom. The van der Waals surface area contributed by atoms with E-state index in [0.29, 0.717) is 0 Å². The standard InChI is InChI=1S/C8H19N.3C7H6O3.Ru/c1-2-3-4-5-6-7-8-9;3*8-6-4-2-1-3-5(6)7(9)10;/h2-9H2,1H3;3*1-4,8H,(H,9,10);/q;;;;+3/p-3. The maximum absolute atomic E-state index is 10.2. The smallest absolute Gasteiger partial charge is 0.545 e. The van der Waals surface area contributed by atoms with E-state index in [2.05, 4.69) is 6.92 Å². The van der Waals surface area contributed by atoms with Crippen LogP contribution in [0.2, 0.25) is 0 Å². The van der Waals surface area contributed by atoms with Gasteiger partial charge in [-0.2, -0.15) is 0 Å². The van der Waals surface area contributed by atoms with E-state index in [1.165, 1.54) is 93.1 Å². The molecule has 40 heavy (non-hydrogen) atoms. The van der Waals surface area contributed by atoms with Crippen LogP contribution in [0, 0.1) is 0 Å². The minimum absolute atomic E-state index is 0. The van der Waals surface area contributed by atoms with Crippen LogP contribution in [-0.4, -0.2) is 39.8 Å². The Bertz CT molecular complexity index is 1020. The zero-order chi connectivity index (χ0) is 29.6. The summed E-state index contributed by atoms with van der Waals surface area (Å²) in [5.74, 6) is -4.87. The number of hydrogen-bond donors (Lipinski definition) is 4. The number of phenols is 3. The molecule has 3 aromatic rings. The van der Waals surface area contributed by atoms with Gasteiger partial charge in [0.05, 0.1) is 17.9 Å². The fourth-order valence-electron chi connectivity index (χ4n) is 2.86. The van der Waals surface area contributed by atoms with Crippen molar-refractivity contribution in [3.63, 3.8) is 0 Å². The van der Waals surface area contributed by atoms with E-state index in [1.807, 2.05) is 0 Å². The third kappa shape index (κ3) is 16.8. The minimum Gasteiger partial charge on any atom is -0.545 e. The van der Waals surface area contributed by atoms with Gasteiger partial charge in [-0.25, -0.2) is 0 Å². The average molecular weight is 642 g/mol. The molecule has 0 fully saturated rings. The number of carbonyl (C=O) groups excluding carboxylic acids is 3. The van der Waals surface area contributed by atoms with E-state index in [1.54, 1.807) is 18.2 Å². The Balaban J connectivity index is 0. The van der Waals surface area contributed by atoms with Crippen molar-refractivity contribution < 1.29 is 64.5 Å². The summed E-state index contributed by atoms with van der Waals surface area (Å²) in [4.78, 5) is 30.5. The zero-order valence-corrected chi connectivity index (χ0v) is 23.8. The Kier molecular flexibility index (Phi) is 22.0. The van der Waals surface area contributed by atoms with Gasteiger partial charge in [0.1, 0.15) is 17.2 Å². The van der Waals surface area contributed by atoms with Crippen LogP contribution >= 0.6 is 0 Å². The number of para-hydroxylation sites is 3. The molecule has 0 amide bonds. The predicted octanol–water partition coefficient (Wildman–Crippen LogP) is 1.57. The summed E-state index contributed by atoms with van der Waals surface area (Å²) in [5.41, 5.74) is 4.81. The molecule has 0 aliphatic carbocycles. The summed E-state index contributed by atoms with van der Waals surface area (Å²) in [6.07, 6.45) is 8.05. The van der Waals surface area contributed by atoms with Gasteiger partial charge in [-0.15, -0.1) is 0 Å². The molecule has 0 unspecified atom stereocenters.